The lowest BCUT2D eigenvalue weighted by molar-refractivity contribution is 0.249. The predicted octanol–water partition coefficient (Wildman–Crippen LogP) is 5.44. The Bertz CT molecular complexity index is 656. The van der Waals surface area contributed by atoms with E-state index in [4.69, 9.17) is 23.2 Å². The fourth-order valence-corrected chi connectivity index (χ4v) is 2.69. The molecule has 3 nitrogen and oxygen atoms in total. The van der Waals surface area contributed by atoms with E-state index in [-0.39, 0.29) is 12.1 Å². The van der Waals surface area contributed by atoms with Crippen molar-refractivity contribution in [1.82, 2.24) is 5.32 Å². The molecule has 0 aliphatic heterocycles. The Kier molecular flexibility index (Phi) is 5.69. The highest BCUT2D eigenvalue weighted by molar-refractivity contribution is 6.35. The molecule has 2 aromatic rings. The predicted molar refractivity (Wildman–Crippen MR) is 92.9 cm³/mol. The molecular formula is C17H18Cl2N2O. The van der Waals surface area contributed by atoms with E-state index in [1.54, 1.807) is 12.1 Å². The summed E-state index contributed by atoms with van der Waals surface area (Å²) in [5, 5.41) is 6.77. The van der Waals surface area contributed by atoms with Gasteiger partial charge in [0.1, 0.15) is 0 Å². The van der Waals surface area contributed by atoms with Crippen LogP contribution in [0.5, 0.6) is 0 Å². The zero-order valence-electron chi connectivity index (χ0n) is 12.5. The van der Waals surface area contributed by atoms with Gasteiger partial charge in [-0.3, -0.25) is 0 Å². The Balaban J connectivity index is 1.98. The first kappa shape index (κ1) is 16.7. The van der Waals surface area contributed by atoms with Crippen LogP contribution in [0.1, 0.15) is 31.0 Å². The number of rotatable bonds is 4. The summed E-state index contributed by atoms with van der Waals surface area (Å²) in [6.07, 6.45) is 0.971. The summed E-state index contributed by atoms with van der Waals surface area (Å²) in [6.45, 7) is 3.96. The van der Waals surface area contributed by atoms with Crippen molar-refractivity contribution in [2.24, 2.45) is 0 Å². The third kappa shape index (κ3) is 4.39. The molecule has 0 heterocycles. The first-order chi connectivity index (χ1) is 10.5. The van der Waals surface area contributed by atoms with Gasteiger partial charge in [0.2, 0.25) is 0 Å². The van der Waals surface area contributed by atoms with Crippen LogP contribution in [-0.4, -0.2) is 6.03 Å². The monoisotopic (exact) mass is 336 g/mol. The number of urea groups is 1. The molecule has 0 aromatic heterocycles. The fourth-order valence-electron chi connectivity index (χ4n) is 2.12. The van der Waals surface area contributed by atoms with Crippen molar-refractivity contribution >= 4 is 34.9 Å². The molecule has 0 fully saturated rings. The molecule has 0 saturated heterocycles. The van der Waals surface area contributed by atoms with Gasteiger partial charge in [-0.15, -0.1) is 0 Å². The molecule has 0 unspecified atom stereocenters. The minimum Gasteiger partial charge on any atom is -0.331 e. The van der Waals surface area contributed by atoms with E-state index in [9.17, 15) is 4.79 Å². The molecule has 22 heavy (non-hydrogen) atoms. The van der Waals surface area contributed by atoms with E-state index in [2.05, 4.69) is 17.6 Å². The lowest BCUT2D eigenvalue weighted by Crippen LogP contribution is -2.31. The summed E-state index contributed by atoms with van der Waals surface area (Å²) < 4.78 is 0. The molecule has 2 aromatic carbocycles. The van der Waals surface area contributed by atoms with Crippen LogP contribution in [0.25, 0.3) is 0 Å². The van der Waals surface area contributed by atoms with Crippen molar-refractivity contribution in [2.45, 2.75) is 26.3 Å². The Morgan fingerprint density at radius 3 is 2.41 bits per heavy atom. The van der Waals surface area contributed by atoms with Crippen molar-refractivity contribution < 1.29 is 4.79 Å². The maximum Gasteiger partial charge on any atom is 0.319 e. The standard InChI is InChI=1S/C17H18Cl2N2O/c1-3-12-4-7-14(8-5-12)21-17(22)20-11(2)15-9-6-13(18)10-16(15)19/h4-11H,3H2,1-2H3,(H2,20,21,22)/t11-/m1/s1. The normalized spacial score (nSPS) is 11.8. The molecule has 5 heteroatoms. The van der Waals surface area contributed by atoms with Gasteiger partial charge >= 0.3 is 6.03 Å². The van der Waals surface area contributed by atoms with Crippen LogP contribution in [0.15, 0.2) is 42.5 Å². The van der Waals surface area contributed by atoms with Crippen LogP contribution < -0.4 is 10.6 Å². The molecule has 2 amide bonds. The number of hydrogen-bond acceptors (Lipinski definition) is 1. The molecular weight excluding hydrogens is 319 g/mol. The minimum atomic E-state index is -0.275. The van der Waals surface area contributed by atoms with Crippen molar-refractivity contribution in [1.29, 1.82) is 0 Å². The molecule has 116 valence electrons. The van der Waals surface area contributed by atoms with E-state index in [0.717, 1.165) is 17.7 Å². The van der Waals surface area contributed by atoms with Crippen LogP contribution in [0.4, 0.5) is 10.5 Å². The Hall–Kier alpha value is -1.71. The van der Waals surface area contributed by atoms with Gasteiger partial charge in [0.25, 0.3) is 0 Å². The number of anilines is 1. The average Bonchev–Trinajstić information content (AvgIpc) is 2.47. The highest BCUT2D eigenvalue weighted by Gasteiger charge is 2.13. The first-order valence-electron chi connectivity index (χ1n) is 7.11. The molecule has 0 aliphatic carbocycles. The molecule has 0 spiro atoms. The number of aryl methyl sites for hydroxylation is 1. The van der Waals surface area contributed by atoms with Gasteiger partial charge in [-0.05, 0) is 48.7 Å². The summed E-state index contributed by atoms with van der Waals surface area (Å²) in [4.78, 5) is 12.0. The smallest absolute Gasteiger partial charge is 0.319 e. The maximum atomic E-state index is 12.0. The number of amides is 2. The largest absolute Gasteiger partial charge is 0.331 e. The van der Waals surface area contributed by atoms with Crippen LogP contribution in [0.3, 0.4) is 0 Å². The summed E-state index contributed by atoms with van der Waals surface area (Å²) in [6, 6.07) is 12.5. The zero-order chi connectivity index (χ0) is 16.1. The van der Waals surface area contributed by atoms with Crippen LogP contribution in [0, 0.1) is 0 Å². The molecule has 0 radical (unpaired) electrons. The third-order valence-corrected chi connectivity index (χ3v) is 3.96. The second kappa shape index (κ2) is 7.52. The molecule has 0 saturated carbocycles. The Morgan fingerprint density at radius 2 is 1.82 bits per heavy atom. The SMILES string of the molecule is CCc1ccc(NC(=O)N[C@H](C)c2ccc(Cl)cc2Cl)cc1. The van der Waals surface area contributed by atoms with Gasteiger partial charge in [-0.1, -0.05) is 48.3 Å². The van der Waals surface area contributed by atoms with E-state index >= 15 is 0 Å². The van der Waals surface area contributed by atoms with Gasteiger partial charge in [0.05, 0.1) is 6.04 Å². The van der Waals surface area contributed by atoms with Crippen molar-refractivity contribution in [3.05, 3.63) is 63.6 Å². The van der Waals surface area contributed by atoms with Gasteiger partial charge in [0, 0.05) is 15.7 Å². The zero-order valence-corrected chi connectivity index (χ0v) is 14.0. The highest BCUT2D eigenvalue weighted by atomic mass is 35.5. The van der Waals surface area contributed by atoms with Crippen LogP contribution in [0.2, 0.25) is 10.0 Å². The summed E-state index contributed by atoms with van der Waals surface area (Å²) in [7, 11) is 0. The van der Waals surface area contributed by atoms with Gasteiger partial charge in [-0.2, -0.15) is 0 Å². The van der Waals surface area contributed by atoms with Crippen molar-refractivity contribution in [2.75, 3.05) is 5.32 Å². The van der Waals surface area contributed by atoms with Crippen molar-refractivity contribution in [3.63, 3.8) is 0 Å². The number of benzene rings is 2. The van der Waals surface area contributed by atoms with E-state index in [1.165, 1.54) is 5.56 Å². The average molecular weight is 337 g/mol. The second-order valence-electron chi connectivity index (χ2n) is 5.04. The number of hydrogen-bond donors (Lipinski definition) is 2. The molecule has 2 rings (SSSR count). The summed E-state index contributed by atoms with van der Waals surface area (Å²) in [5.41, 5.74) is 2.80. The Morgan fingerprint density at radius 1 is 1.14 bits per heavy atom. The fraction of sp³-hybridized carbons (Fsp3) is 0.235. The van der Waals surface area contributed by atoms with Crippen LogP contribution >= 0.6 is 23.2 Å². The maximum absolute atomic E-state index is 12.0. The summed E-state index contributed by atoms with van der Waals surface area (Å²) >= 11 is 12.0. The van der Waals surface area contributed by atoms with Crippen LogP contribution in [-0.2, 0) is 6.42 Å². The second-order valence-corrected chi connectivity index (χ2v) is 5.88. The number of carbonyl (C=O) groups excluding carboxylic acids is 1. The van der Waals surface area contributed by atoms with Gasteiger partial charge < -0.3 is 10.6 Å². The molecule has 0 aliphatic rings. The van der Waals surface area contributed by atoms with Crippen molar-refractivity contribution in [3.8, 4) is 0 Å². The minimum absolute atomic E-state index is 0.223. The number of carbonyl (C=O) groups is 1. The van der Waals surface area contributed by atoms with Gasteiger partial charge in [0.15, 0.2) is 0 Å². The lowest BCUT2D eigenvalue weighted by Gasteiger charge is -2.16. The van der Waals surface area contributed by atoms with Gasteiger partial charge in [-0.25, -0.2) is 4.79 Å². The number of nitrogens with one attached hydrogen (secondary N) is 2. The molecule has 0 bridgehead atoms. The molecule has 2 N–H and O–H groups in total. The topological polar surface area (TPSA) is 41.1 Å². The quantitative estimate of drug-likeness (QED) is 0.766. The first-order valence-corrected chi connectivity index (χ1v) is 7.86. The number of halogens is 2. The highest BCUT2D eigenvalue weighted by Crippen LogP contribution is 2.26. The third-order valence-electron chi connectivity index (χ3n) is 3.40. The lowest BCUT2D eigenvalue weighted by atomic mass is 10.1. The van der Waals surface area contributed by atoms with E-state index in [1.807, 2.05) is 37.3 Å². The van der Waals surface area contributed by atoms with E-state index < -0.39 is 0 Å². The van der Waals surface area contributed by atoms with E-state index in [0.29, 0.717) is 10.0 Å². The Labute approximate surface area is 140 Å². The molecule has 1 atom stereocenters. The summed E-state index contributed by atoms with van der Waals surface area (Å²) in [5.74, 6) is 0.